The number of rotatable bonds is 15. The summed E-state index contributed by atoms with van der Waals surface area (Å²) in [6.07, 6.45) is 4.48. The van der Waals surface area contributed by atoms with Crippen molar-refractivity contribution >= 4 is 36.4 Å². The number of hydrogen-bond acceptors (Lipinski definition) is 10. The summed E-state index contributed by atoms with van der Waals surface area (Å²) in [7, 11) is -3.92. The molecule has 2 atom stereocenters. The van der Waals surface area contributed by atoms with Gasteiger partial charge in [0.05, 0.1) is 25.6 Å². The van der Waals surface area contributed by atoms with Gasteiger partial charge in [-0.1, -0.05) is 19.8 Å². The van der Waals surface area contributed by atoms with Crippen LogP contribution >= 0.6 is 7.52 Å². The van der Waals surface area contributed by atoms with Gasteiger partial charge in [-0.3, -0.25) is 9.36 Å². The second-order valence-corrected chi connectivity index (χ2v) is 10.4. The van der Waals surface area contributed by atoms with Gasteiger partial charge in [-0.2, -0.15) is 0 Å². The summed E-state index contributed by atoms with van der Waals surface area (Å²) in [5.41, 5.74) is 5.16. The minimum Gasteiger partial charge on any atom is -0.480 e. The van der Waals surface area contributed by atoms with Crippen LogP contribution in [0.1, 0.15) is 47.0 Å². The highest BCUT2D eigenvalue weighted by molar-refractivity contribution is 7.56. The molecule has 13 nitrogen and oxygen atoms in total. The summed E-state index contributed by atoms with van der Waals surface area (Å²) in [4.78, 5) is 35.7. The molecular weight excluding hydrogens is 467 g/mol. The van der Waals surface area contributed by atoms with Gasteiger partial charge >= 0.3 is 11.9 Å². The molecule has 2 heterocycles. The quantitative estimate of drug-likeness (QED) is 0.184. The second kappa shape index (κ2) is 12.2. The summed E-state index contributed by atoms with van der Waals surface area (Å²) in [6, 6.07) is 0. The SMILES string of the molecule is CCCCCOC(=O)COP(=O)(COC(C)Cn1cnc2c(N)ncnc21)NC(C)(C)C(=O)O. The molecule has 0 radical (unpaired) electrons. The van der Waals surface area contributed by atoms with Crippen molar-refractivity contribution in [3.63, 3.8) is 0 Å². The number of carboxylic acid groups (broad SMARTS) is 1. The van der Waals surface area contributed by atoms with E-state index in [-0.39, 0.29) is 19.0 Å². The first-order valence-electron chi connectivity index (χ1n) is 10.9. The van der Waals surface area contributed by atoms with Gasteiger partial charge in [-0.05, 0) is 27.2 Å². The first-order valence-corrected chi connectivity index (χ1v) is 12.7. The molecule has 0 fully saturated rings. The lowest BCUT2D eigenvalue weighted by molar-refractivity contribution is -0.146. The van der Waals surface area contributed by atoms with Gasteiger partial charge in [0.25, 0.3) is 7.52 Å². The fourth-order valence-electron chi connectivity index (χ4n) is 2.90. The number of unbranched alkanes of at least 4 members (excludes halogenated alkanes) is 2. The Hall–Kier alpha value is -2.60. The Morgan fingerprint density at radius 3 is 2.71 bits per heavy atom. The van der Waals surface area contributed by atoms with Gasteiger partial charge in [0.1, 0.15) is 23.7 Å². The molecule has 2 rings (SSSR count). The van der Waals surface area contributed by atoms with Crippen LogP contribution in [-0.4, -0.2) is 67.8 Å². The first kappa shape index (κ1) is 27.6. The standard InChI is InChI=1S/C20H33N6O7P/c1-5-6-7-8-31-15(27)10-33-34(30,25-20(3,4)19(28)29)13-32-14(2)9-26-12-24-16-17(21)22-11-23-18(16)26/h11-12,14H,5-10,13H2,1-4H3,(H,25,30)(H,28,29)(H2,21,22,23). The van der Waals surface area contributed by atoms with Gasteiger partial charge in [-0.25, -0.2) is 24.8 Å². The topological polar surface area (TPSA) is 181 Å². The summed E-state index contributed by atoms with van der Waals surface area (Å²) >= 11 is 0. The summed E-state index contributed by atoms with van der Waals surface area (Å²) in [5, 5.41) is 11.9. The number of aromatic nitrogens is 4. The van der Waals surface area contributed by atoms with Gasteiger partial charge < -0.3 is 29.4 Å². The Balaban J connectivity index is 2.02. The number of hydrogen-bond donors (Lipinski definition) is 3. The molecule has 0 saturated carbocycles. The average molecular weight is 500 g/mol. The molecule has 0 aliphatic heterocycles. The highest BCUT2D eigenvalue weighted by Gasteiger charge is 2.38. The number of carboxylic acids is 1. The zero-order valence-corrected chi connectivity index (χ0v) is 20.8. The second-order valence-electron chi connectivity index (χ2n) is 8.35. The summed E-state index contributed by atoms with van der Waals surface area (Å²) < 4.78 is 31.2. The van der Waals surface area contributed by atoms with E-state index < -0.39 is 44.1 Å². The molecule has 190 valence electrons. The van der Waals surface area contributed by atoms with Crippen molar-refractivity contribution in [1.82, 2.24) is 24.6 Å². The van der Waals surface area contributed by atoms with Crippen LogP contribution in [0.4, 0.5) is 5.82 Å². The van der Waals surface area contributed by atoms with Crippen molar-refractivity contribution in [3.05, 3.63) is 12.7 Å². The molecule has 0 saturated heterocycles. The van der Waals surface area contributed by atoms with E-state index in [0.717, 1.165) is 12.8 Å². The lowest BCUT2D eigenvalue weighted by Crippen LogP contribution is -2.46. The minimum atomic E-state index is -3.92. The van der Waals surface area contributed by atoms with Crippen LogP contribution in [0, 0.1) is 0 Å². The number of esters is 1. The number of imidazole rings is 1. The maximum absolute atomic E-state index is 13.4. The van der Waals surface area contributed by atoms with Crippen molar-refractivity contribution in [2.24, 2.45) is 0 Å². The number of nitrogens with two attached hydrogens (primary N) is 1. The monoisotopic (exact) mass is 500 g/mol. The van der Waals surface area contributed by atoms with Crippen molar-refractivity contribution < 1.29 is 33.3 Å². The molecule has 0 bridgehead atoms. The molecule has 34 heavy (non-hydrogen) atoms. The number of nitrogen functional groups attached to an aromatic ring is 1. The number of nitrogens with one attached hydrogen (secondary N) is 1. The highest BCUT2D eigenvalue weighted by Crippen LogP contribution is 2.45. The zero-order chi connectivity index (χ0) is 25.4. The average Bonchev–Trinajstić information content (AvgIpc) is 3.18. The van der Waals surface area contributed by atoms with Crippen LogP contribution in [0.5, 0.6) is 0 Å². The smallest absolute Gasteiger partial charge is 0.332 e. The maximum atomic E-state index is 13.4. The van der Waals surface area contributed by atoms with Crippen molar-refractivity contribution in [1.29, 1.82) is 0 Å². The van der Waals surface area contributed by atoms with Gasteiger partial charge in [0.2, 0.25) is 0 Å². The molecule has 0 aliphatic rings. The van der Waals surface area contributed by atoms with E-state index in [1.54, 1.807) is 11.5 Å². The fraction of sp³-hybridized carbons (Fsp3) is 0.650. The third-order valence-corrected chi connectivity index (χ3v) is 6.73. The Kier molecular flexibility index (Phi) is 9.92. The molecule has 4 N–H and O–H groups in total. The van der Waals surface area contributed by atoms with Gasteiger partial charge in [0, 0.05) is 0 Å². The molecule has 0 amide bonds. The molecule has 0 aliphatic carbocycles. The van der Waals surface area contributed by atoms with Crippen LogP contribution < -0.4 is 10.8 Å². The highest BCUT2D eigenvalue weighted by atomic mass is 31.2. The van der Waals surface area contributed by atoms with Crippen LogP contribution in [0.25, 0.3) is 11.2 Å². The Morgan fingerprint density at radius 1 is 1.29 bits per heavy atom. The number of ether oxygens (including phenoxy) is 2. The summed E-state index contributed by atoms with van der Waals surface area (Å²) in [6.45, 7) is 6.33. The lowest BCUT2D eigenvalue weighted by atomic mass is 10.1. The van der Waals surface area contributed by atoms with Crippen molar-refractivity contribution in [2.75, 3.05) is 25.3 Å². The number of aliphatic carboxylic acids is 1. The Bertz CT molecular complexity index is 1030. The number of nitrogens with zero attached hydrogens (tertiary/aromatic N) is 4. The van der Waals surface area contributed by atoms with Crippen molar-refractivity contribution in [3.8, 4) is 0 Å². The molecule has 2 aromatic rings. The molecule has 14 heteroatoms. The van der Waals surface area contributed by atoms with E-state index in [2.05, 4.69) is 20.0 Å². The minimum absolute atomic E-state index is 0.231. The number of fused-ring (bicyclic) bond motifs is 1. The predicted octanol–water partition coefficient (Wildman–Crippen LogP) is 2.17. The molecule has 2 unspecified atom stereocenters. The van der Waals surface area contributed by atoms with Crippen molar-refractivity contribution in [2.45, 2.75) is 65.1 Å². The molecule has 0 aromatic carbocycles. The van der Waals surface area contributed by atoms with Crippen LogP contribution in [0.3, 0.4) is 0 Å². The van der Waals surface area contributed by atoms with Gasteiger partial charge in [0.15, 0.2) is 18.1 Å². The fourth-order valence-corrected chi connectivity index (χ4v) is 4.82. The third-order valence-electron chi connectivity index (χ3n) is 4.80. The first-order chi connectivity index (χ1) is 16.0. The zero-order valence-electron chi connectivity index (χ0n) is 19.9. The van der Waals surface area contributed by atoms with E-state index in [4.69, 9.17) is 19.7 Å². The van der Waals surface area contributed by atoms with Crippen LogP contribution in [0.15, 0.2) is 12.7 Å². The van der Waals surface area contributed by atoms with E-state index in [9.17, 15) is 19.3 Å². The Morgan fingerprint density at radius 2 is 2.03 bits per heavy atom. The number of anilines is 1. The largest absolute Gasteiger partial charge is 0.480 e. The third kappa shape index (κ3) is 8.01. The lowest BCUT2D eigenvalue weighted by Gasteiger charge is -2.28. The normalized spacial score (nSPS) is 14.6. The summed E-state index contributed by atoms with van der Waals surface area (Å²) in [5.74, 6) is -1.69. The van der Waals surface area contributed by atoms with E-state index in [1.165, 1.54) is 26.5 Å². The molecule has 2 aromatic heterocycles. The predicted molar refractivity (Wildman–Crippen MR) is 124 cm³/mol. The Labute approximate surface area is 197 Å². The number of carbonyl (C=O) groups excluding carboxylic acids is 1. The van der Waals surface area contributed by atoms with E-state index in [0.29, 0.717) is 17.6 Å². The van der Waals surface area contributed by atoms with Crippen LogP contribution in [-0.2, 0) is 34.7 Å². The molecule has 0 spiro atoms. The maximum Gasteiger partial charge on any atom is 0.332 e. The molecular formula is C20H33N6O7P. The van der Waals surface area contributed by atoms with E-state index in [1.807, 2.05) is 6.92 Å². The van der Waals surface area contributed by atoms with Gasteiger partial charge in [-0.15, -0.1) is 0 Å². The van der Waals surface area contributed by atoms with Crippen LogP contribution in [0.2, 0.25) is 0 Å². The number of carbonyl (C=O) groups is 2. The van der Waals surface area contributed by atoms with E-state index >= 15 is 0 Å².